The fraction of sp³-hybridized carbons (Fsp3) is 0.789. The Morgan fingerprint density at radius 1 is 1.28 bits per heavy atom. The molecule has 2 fully saturated rings. The van der Waals surface area contributed by atoms with Crippen molar-refractivity contribution in [1.29, 1.82) is 0 Å². The Morgan fingerprint density at radius 3 is 2.59 bits per heavy atom. The van der Waals surface area contributed by atoms with Crippen LogP contribution in [0.2, 0.25) is 0 Å². The quantitative estimate of drug-likeness (QED) is 0.264. The molecule has 0 bridgehead atoms. The zero-order chi connectivity index (χ0) is 19.9. The maximum Gasteiger partial charge on any atom is 0.251 e. The summed E-state index contributed by atoms with van der Waals surface area (Å²) in [5.74, 6) is 2.73. The molecule has 1 unspecified atom stereocenters. The Hall–Kier alpha value is -1.43. The molecular weight excluding hydrogens is 487 g/mol. The molecule has 1 aromatic rings. The first-order valence-electron chi connectivity index (χ1n) is 10.3. The highest BCUT2D eigenvalue weighted by Crippen LogP contribution is 2.16. The summed E-state index contributed by atoms with van der Waals surface area (Å²) >= 11 is 0. The van der Waals surface area contributed by atoms with Gasteiger partial charge in [0.2, 0.25) is 5.89 Å². The average Bonchev–Trinajstić information content (AvgIpc) is 3.40. The lowest BCUT2D eigenvalue weighted by Gasteiger charge is -2.37. The molecule has 10 heteroatoms. The number of piperazine rings is 1. The van der Waals surface area contributed by atoms with Crippen molar-refractivity contribution in [3.8, 4) is 0 Å². The van der Waals surface area contributed by atoms with Crippen LogP contribution in [0.5, 0.6) is 0 Å². The van der Waals surface area contributed by atoms with Crippen molar-refractivity contribution in [2.24, 2.45) is 4.99 Å². The van der Waals surface area contributed by atoms with Crippen LogP contribution in [0, 0.1) is 0 Å². The normalized spacial score (nSPS) is 20.1. The molecule has 2 aliphatic rings. The van der Waals surface area contributed by atoms with Gasteiger partial charge in [-0.1, -0.05) is 19.0 Å². The maximum absolute atomic E-state index is 12.5. The van der Waals surface area contributed by atoms with Crippen LogP contribution in [0.15, 0.2) is 9.52 Å². The van der Waals surface area contributed by atoms with Crippen LogP contribution in [0.3, 0.4) is 0 Å². The van der Waals surface area contributed by atoms with Crippen LogP contribution in [-0.4, -0.2) is 84.3 Å². The first-order chi connectivity index (χ1) is 13.6. The van der Waals surface area contributed by atoms with Crippen molar-refractivity contribution in [3.63, 3.8) is 0 Å². The number of rotatable bonds is 6. The van der Waals surface area contributed by atoms with E-state index < -0.39 is 0 Å². The van der Waals surface area contributed by atoms with Crippen LogP contribution in [0.4, 0.5) is 0 Å². The number of aryl methyl sites for hydroxylation is 1. The lowest BCUT2D eigenvalue weighted by Crippen LogP contribution is -2.55. The van der Waals surface area contributed by atoms with Gasteiger partial charge in [0.15, 0.2) is 11.8 Å². The van der Waals surface area contributed by atoms with Gasteiger partial charge in [-0.2, -0.15) is 4.98 Å². The minimum atomic E-state index is -0.232. The Morgan fingerprint density at radius 2 is 2.00 bits per heavy atom. The number of halogens is 1. The average molecular weight is 520 g/mol. The molecule has 3 rings (SSSR count). The Balaban J connectivity index is 0.00000300. The van der Waals surface area contributed by atoms with Crippen molar-refractivity contribution >= 4 is 35.8 Å². The molecule has 0 spiro atoms. The zero-order valence-electron chi connectivity index (χ0n) is 17.6. The van der Waals surface area contributed by atoms with E-state index in [4.69, 9.17) is 9.26 Å². The Bertz CT molecular complexity index is 667. The summed E-state index contributed by atoms with van der Waals surface area (Å²) in [6.07, 6.45) is 3.23. The smallest absolute Gasteiger partial charge is 0.251 e. The molecule has 0 aliphatic carbocycles. The topological polar surface area (TPSA) is 96.1 Å². The van der Waals surface area contributed by atoms with Crippen LogP contribution in [-0.2, 0) is 16.0 Å². The third-order valence-corrected chi connectivity index (χ3v) is 5.16. The summed E-state index contributed by atoms with van der Waals surface area (Å²) in [4.78, 5) is 25.4. The predicted octanol–water partition coefficient (Wildman–Crippen LogP) is 1.64. The van der Waals surface area contributed by atoms with Crippen LogP contribution in [0.25, 0.3) is 0 Å². The first kappa shape index (κ1) is 23.8. The summed E-state index contributed by atoms with van der Waals surface area (Å²) in [6, 6.07) is 0. The second-order valence-electron chi connectivity index (χ2n) is 7.59. The summed E-state index contributed by atoms with van der Waals surface area (Å²) in [7, 11) is 1.79. The van der Waals surface area contributed by atoms with Crippen LogP contribution < -0.4 is 5.32 Å². The van der Waals surface area contributed by atoms with Crippen LogP contribution >= 0.6 is 24.0 Å². The number of hydrogen-bond donors (Lipinski definition) is 1. The molecule has 1 aromatic heterocycles. The van der Waals surface area contributed by atoms with E-state index in [2.05, 4.69) is 25.3 Å². The molecule has 0 radical (unpaired) electrons. The lowest BCUT2D eigenvalue weighted by molar-refractivity contribution is -0.142. The Labute approximate surface area is 189 Å². The summed E-state index contributed by atoms with van der Waals surface area (Å²) in [6.45, 7) is 8.55. The van der Waals surface area contributed by atoms with E-state index in [1.165, 1.54) is 0 Å². The van der Waals surface area contributed by atoms with Gasteiger partial charge in [-0.05, 0) is 19.3 Å². The van der Waals surface area contributed by atoms with Gasteiger partial charge in [0.1, 0.15) is 6.10 Å². The molecule has 9 nitrogen and oxygen atoms in total. The molecule has 0 saturated carbocycles. The number of guanidine groups is 1. The van der Waals surface area contributed by atoms with E-state index in [0.717, 1.165) is 57.1 Å². The minimum Gasteiger partial charge on any atom is -0.368 e. The Kier molecular flexibility index (Phi) is 9.60. The standard InChI is InChI=1S/C19H32N6O3.HI/c1-14(2)17-22-16(28-23-17)7-4-8-21-19(20-3)25-11-9-24(10-12-25)18(26)15-6-5-13-27-15;/h14-15H,4-13H2,1-3H3,(H,20,21);1H. The van der Waals surface area contributed by atoms with Crippen LogP contribution in [0.1, 0.15) is 50.7 Å². The largest absolute Gasteiger partial charge is 0.368 e. The predicted molar refractivity (Wildman–Crippen MR) is 121 cm³/mol. The van der Waals surface area contributed by atoms with Gasteiger partial charge < -0.3 is 24.4 Å². The highest BCUT2D eigenvalue weighted by atomic mass is 127. The van der Waals surface area contributed by atoms with Gasteiger partial charge in [0, 0.05) is 58.7 Å². The first-order valence-corrected chi connectivity index (χ1v) is 10.3. The molecule has 1 N–H and O–H groups in total. The summed E-state index contributed by atoms with van der Waals surface area (Å²) in [5.41, 5.74) is 0. The fourth-order valence-corrected chi connectivity index (χ4v) is 3.49. The molecule has 1 atom stereocenters. The van der Waals surface area contributed by atoms with Crippen molar-refractivity contribution in [2.45, 2.75) is 51.6 Å². The van der Waals surface area contributed by atoms with Gasteiger partial charge >= 0.3 is 0 Å². The number of carbonyl (C=O) groups excluding carboxylic acids is 1. The van der Waals surface area contributed by atoms with E-state index >= 15 is 0 Å². The summed E-state index contributed by atoms with van der Waals surface area (Å²) < 4.78 is 10.8. The highest BCUT2D eigenvalue weighted by Gasteiger charge is 2.30. The molecule has 3 heterocycles. The molecule has 2 saturated heterocycles. The third-order valence-electron chi connectivity index (χ3n) is 5.16. The lowest BCUT2D eigenvalue weighted by atomic mass is 10.2. The van der Waals surface area contributed by atoms with Gasteiger partial charge in [-0.3, -0.25) is 9.79 Å². The number of nitrogens with one attached hydrogen (secondary N) is 1. The third kappa shape index (κ3) is 6.53. The van der Waals surface area contributed by atoms with Crippen molar-refractivity contribution in [2.75, 3.05) is 46.4 Å². The second kappa shape index (κ2) is 11.7. The van der Waals surface area contributed by atoms with E-state index in [1.807, 2.05) is 18.7 Å². The van der Waals surface area contributed by atoms with Gasteiger partial charge in [0.25, 0.3) is 5.91 Å². The summed E-state index contributed by atoms with van der Waals surface area (Å²) in [5, 5.41) is 7.39. The number of aliphatic imine (C=N–C) groups is 1. The van der Waals surface area contributed by atoms with Crippen molar-refractivity contribution in [1.82, 2.24) is 25.3 Å². The van der Waals surface area contributed by atoms with Gasteiger partial charge in [-0.15, -0.1) is 24.0 Å². The van der Waals surface area contributed by atoms with Crippen molar-refractivity contribution in [3.05, 3.63) is 11.7 Å². The molecule has 2 aliphatic heterocycles. The van der Waals surface area contributed by atoms with Gasteiger partial charge in [0.05, 0.1) is 0 Å². The number of ether oxygens (including phenoxy) is 1. The minimum absolute atomic E-state index is 0. The molecule has 164 valence electrons. The monoisotopic (exact) mass is 520 g/mol. The zero-order valence-corrected chi connectivity index (χ0v) is 19.9. The highest BCUT2D eigenvalue weighted by molar-refractivity contribution is 14.0. The number of aromatic nitrogens is 2. The maximum atomic E-state index is 12.5. The second-order valence-corrected chi connectivity index (χ2v) is 7.59. The number of nitrogens with zero attached hydrogens (tertiary/aromatic N) is 5. The fourth-order valence-electron chi connectivity index (χ4n) is 3.49. The number of hydrogen-bond acceptors (Lipinski definition) is 6. The number of carbonyl (C=O) groups is 1. The number of amides is 1. The van der Waals surface area contributed by atoms with Gasteiger partial charge in [-0.25, -0.2) is 0 Å². The van der Waals surface area contributed by atoms with Crippen molar-refractivity contribution < 1.29 is 14.1 Å². The van der Waals surface area contributed by atoms with E-state index in [0.29, 0.717) is 25.6 Å². The SMILES string of the molecule is CN=C(NCCCc1nc(C(C)C)no1)N1CCN(C(=O)C2CCCO2)CC1.I. The van der Waals surface area contributed by atoms with E-state index in [1.54, 1.807) is 7.05 Å². The molecule has 29 heavy (non-hydrogen) atoms. The molecule has 1 amide bonds. The molecule has 0 aromatic carbocycles. The molecular formula is C19H33IN6O3. The van der Waals surface area contributed by atoms with E-state index in [9.17, 15) is 4.79 Å². The van der Waals surface area contributed by atoms with E-state index in [-0.39, 0.29) is 41.9 Å².